The lowest BCUT2D eigenvalue weighted by Crippen LogP contribution is -2.34. The van der Waals surface area contributed by atoms with Crippen LogP contribution in [0.25, 0.3) is 11.5 Å². The Bertz CT molecular complexity index is 1100. The highest BCUT2D eigenvalue weighted by atomic mass is 16.5. The highest BCUT2D eigenvalue weighted by Gasteiger charge is 2.26. The molecule has 0 amide bonds. The van der Waals surface area contributed by atoms with Gasteiger partial charge in [-0.1, -0.05) is 0 Å². The van der Waals surface area contributed by atoms with Crippen LogP contribution in [0.1, 0.15) is 30.4 Å². The number of methoxy groups -OCH3 is 1. The van der Waals surface area contributed by atoms with Gasteiger partial charge in [0, 0.05) is 44.7 Å². The van der Waals surface area contributed by atoms with Crippen molar-refractivity contribution in [3.05, 3.63) is 54.5 Å². The lowest BCUT2D eigenvalue weighted by Gasteiger charge is -2.32. The molecule has 1 aliphatic heterocycles. The van der Waals surface area contributed by atoms with Crippen molar-refractivity contribution in [2.24, 2.45) is 0 Å². The van der Waals surface area contributed by atoms with E-state index in [0.29, 0.717) is 18.3 Å². The molecule has 10 heteroatoms. The van der Waals surface area contributed by atoms with E-state index in [4.69, 9.17) is 9.84 Å². The second-order valence-electron chi connectivity index (χ2n) is 7.00. The maximum atomic E-state index is 5.14. The Labute approximate surface area is 167 Å². The second kappa shape index (κ2) is 7.55. The molecule has 29 heavy (non-hydrogen) atoms. The summed E-state index contributed by atoms with van der Waals surface area (Å²) in [5.41, 5.74) is 0.748. The number of anilines is 1. The molecule has 0 N–H and O–H groups in total. The minimum atomic E-state index is 0.293. The first-order valence-corrected chi connectivity index (χ1v) is 9.60. The second-order valence-corrected chi connectivity index (χ2v) is 7.00. The summed E-state index contributed by atoms with van der Waals surface area (Å²) >= 11 is 0. The molecule has 0 radical (unpaired) electrons. The van der Waals surface area contributed by atoms with E-state index >= 15 is 0 Å². The summed E-state index contributed by atoms with van der Waals surface area (Å²) in [4.78, 5) is 11.1. The summed E-state index contributed by atoms with van der Waals surface area (Å²) in [5, 5.41) is 17.7. The van der Waals surface area contributed by atoms with Crippen LogP contribution in [0.5, 0.6) is 0 Å². The van der Waals surface area contributed by atoms with Crippen molar-refractivity contribution >= 4 is 11.5 Å². The van der Waals surface area contributed by atoms with Crippen molar-refractivity contribution in [1.82, 2.24) is 39.6 Å². The van der Waals surface area contributed by atoms with E-state index in [0.717, 1.165) is 49.0 Å². The van der Waals surface area contributed by atoms with E-state index in [-0.39, 0.29) is 0 Å². The summed E-state index contributed by atoms with van der Waals surface area (Å²) in [7, 11) is 1.65. The molecule has 1 saturated heterocycles. The van der Waals surface area contributed by atoms with Crippen molar-refractivity contribution in [2.45, 2.75) is 25.4 Å². The Kier molecular flexibility index (Phi) is 4.60. The third-order valence-electron chi connectivity index (χ3n) is 5.16. The van der Waals surface area contributed by atoms with Crippen LogP contribution in [-0.4, -0.2) is 59.8 Å². The maximum Gasteiger partial charge on any atom is 0.178 e. The topological polar surface area (TPSA) is 99.2 Å². The normalized spacial score (nSPS) is 15.3. The number of ether oxygens (including phenoxy) is 1. The number of aromatic nitrogens is 8. The zero-order valence-corrected chi connectivity index (χ0v) is 16.1. The molecule has 1 fully saturated rings. The zero-order chi connectivity index (χ0) is 19.6. The summed E-state index contributed by atoms with van der Waals surface area (Å²) in [6, 6.07) is 7.65. The maximum absolute atomic E-state index is 5.14. The molecule has 5 heterocycles. The lowest BCUT2D eigenvalue weighted by atomic mass is 9.96. The van der Waals surface area contributed by atoms with E-state index in [2.05, 4.69) is 30.2 Å². The van der Waals surface area contributed by atoms with Gasteiger partial charge in [-0.2, -0.15) is 9.61 Å². The van der Waals surface area contributed by atoms with Gasteiger partial charge in [0.1, 0.15) is 12.4 Å². The highest BCUT2D eigenvalue weighted by molar-refractivity contribution is 5.41. The molecule has 4 aromatic heterocycles. The average Bonchev–Trinajstić information content (AvgIpc) is 3.44. The molecule has 10 nitrogen and oxygen atoms in total. The predicted molar refractivity (Wildman–Crippen MR) is 105 cm³/mol. The van der Waals surface area contributed by atoms with Gasteiger partial charge in [0.05, 0.1) is 0 Å². The molecular formula is C19H21N9O. The smallest absolute Gasteiger partial charge is 0.178 e. The third kappa shape index (κ3) is 3.42. The number of hydrogen-bond donors (Lipinski definition) is 0. The third-order valence-corrected chi connectivity index (χ3v) is 5.16. The SMILES string of the molecule is COCc1nccc(N2CCC(c3nnc4ccc(-n5cccn5)nn34)CC2)n1. The monoisotopic (exact) mass is 391 g/mol. The quantitative estimate of drug-likeness (QED) is 0.506. The van der Waals surface area contributed by atoms with Crippen molar-refractivity contribution in [3.63, 3.8) is 0 Å². The Balaban J connectivity index is 1.35. The molecule has 0 unspecified atom stereocenters. The van der Waals surface area contributed by atoms with Crippen LogP contribution in [0.3, 0.4) is 0 Å². The van der Waals surface area contributed by atoms with Crippen LogP contribution in [0, 0.1) is 0 Å². The average molecular weight is 391 g/mol. The fraction of sp³-hybridized carbons (Fsp3) is 0.368. The van der Waals surface area contributed by atoms with E-state index in [1.165, 1.54) is 0 Å². The summed E-state index contributed by atoms with van der Waals surface area (Å²) in [6.07, 6.45) is 7.31. The van der Waals surface area contributed by atoms with Crippen LogP contribution >= 0.6 is 0 Å². The van der Waals surface area contributed by atoms with Crippen LogP contribution in [-0.2, 0) is 11.3 Å². The van der Waals surface area contributed by atoms with Gasteiger partial charge in [-0.3, -0.25) is 0 Å². The molecule has 1 aliphatic rings. The zero-order valence-electron chi connectivity index (χ0n) is 16.1. The molecule has 148 valence electrons. The fourth-order valence-electron chi connectivity index (χ4n) is 3.71. The van der Waals surface area contributed by atoms with Crippen molar-refractivity contribution in [1.29, 1.82) is 0 Å². The molecule has 0 spiro atoms. The van der Waals surface area contributed by atoms with Crippen LogP contribution in [0.15, 0.2) is 42.9 Å². The van der Waals surface area contributed by atoms with E-state index < -0.39 is 0 Å². The van der Waals surface area contributed by atoms with E-state index in [1.807, 2.05) is 35.0 Å². The molecule has 0 saturated carbocycles. The van der Waals surface area contributed by atoms with Gasteiger partial charge < -0.3 is 9.64 Å². The molecule has 0 atom stereocenters. The molecule has 5 rings (SSSR count). The number of hydrogen-bond acceptors (Lipinski definition) is 8. The Morgan fingerprint density at radius 2 is 1.97 bits per heavy atom. The van der Waals surface area contributed by atoms with Gasteiger partial charge >= 0.3 is 0 Å². The number of piperidine rings is 1. The predicted octanol–water partition coefficient (Wildman–Crippen LogP) is 1.63. The van der Waals surface area contributed by atoms with Crippen LogP contribution < -0.4 is 4.90 Å². The van der Waals surface area contributed by atoms with Crippen molar-refractivity contribution in [2.75, 3.05) is 25.1 Å². The fourth-order valence-corrected chi connectivity index (χ4v) is 3.71. The van der Waals surface area contributed by atoms with Gasteiger partial charge in [0.2, 0.25) is 0 Å². The summed E-state index contributed by atoms with van der Waals surface area (Å²) in [5.74, 6) is 3.58. The van der Waals surface area contributed by atoms with Gasteiger partial charge in [0.25, 0.3) is 0 Å². The standard InChI is InChI=1S/C19H21N9O/c1-29-13-15-20-9-5-16(22-15)26-11-6-14(7-12-26)19-24-23-17-3-4-18(25-28(17)19)27-10-2-8-21-27/h2-5,8-10,14H,6-7,11-13H2,1H3. The summed E-state index contributed by atoms with van der Waals surface area (Å²) < 4.78 is 8.72. The molecule has 0 aliphatic carbocycles. The van der Waals surface area contributed by atoms with Crippen molar-refractivity contribution in [3.8, 4) is 5.82 Å². The molecule has 4 aromatic rings. The minimum absolute atomic E-state index is 0.293. The van der Waals surface area contributed by atoms with E-state index in [9.17, 15) is 0 Å². The summed E-state index contributed by atoms with van der Waals surface area (Å²) in [6.45, 7) is 2.20. The first kappa shape index (κ1) is 17.7. The largest absolute Gasteiger partial charge is 0.377 e. The first-order chi connectivity index (χ1) is 14.3. The first-order valence-electron chi connectivity index (χ1n) is 9.60. The molecular weight excluding hydrogens is 370 g/mol. The van der Waals surface area contributed by atoms with Gasteiger partial charge in [-0.15, -0.1) is 15.3 Å². The highest BCUT2D eigenvalue weighted by Crippen LogP contribution is 2.29. The van der Waals surface area contributed by atoms with Gasteiger partial charge in [-0.05, 0) is 37.1 Å². The Hall–Kier alpha value is -3.40. The van der Waals surface area contributed by atoms with Gasteiger partial charge in [0.15, 0.2) is 23.1 Å². The number of fused-ring (bicyclic) bond motifs is 1. The van der Waals surface area contributed by atoms with Gasteiger partial charge in [-0.25, -0.2) is 14.6 Å². The van der Waals surface area contributed by atoms with E-state index in [1.54, 1.807) is 24.2 Å². The Morgan fingerprint density at radius 3 is 2.76 bits per heavy atom. The Morgan fingerprint density at radius 1 is 1.07 bits per heavy atom. The minimum Gasteiger partial charge on any atom is -0.377 e. The van der Waals surface area contributed by atoms with Crippen LogP contribution in [0.4, 0.5) is 5.82 Å². The number of nitrogens with zero attached hydrogens (tertiary/aromatic N) is 9. The number of rotatable bonds is 5. The van der Waals surface area contributed by atoms with Crippen molar-refractivity contribution < 1.29 is 4.74 Å². The lowest BCUT2D eigenvalue weighted by molar-refractivity contribution is 0.178. The van der Waals surface area contributed by atoms with Crippen LogP contribution in [0.2, 0.25) is 0 Å². The molecule has 0 bridgehead atoms. The molecule has 0 aromatic carbocycles.